The van der Waals surface area contributed by atoms with Gasteiger partial charge in [-0.3, -0.25) is 9.69 Å². The maximum absolute atomic E-state index is 12.2. The first-order valence-electron chi connectivity index (χ1n) is 6.89. The fraction of sp³-hybridized carbons (Fsp3) is 0.500. The van der Waals surface area contributed by atoms with E-state index in [0.29, 0.717) is 11.4 Å². The topological polar surface area (TPSA) is 66.8 Å². The highest BCUT2D eigenvalue weighted by Gasteiger charge is 2.42. The van der Waals surface area contributed by atoms with Crippen molar-refractivity contribution in [2.45, 2.75) is 45.6 Å². The van der Waals surface area contributed by atoms with Crippen molar-refractivity contribution in [1.29, 1.82) is 0 Å². The first kappa shape index (κ1) is 15.4. The van der Waals surface area contributed by atoms with Crippen LogP contribution in [0.2, 0.25) is 0 Å². The van der Waals surface area contributed by atoms with Crippen LogP contribution in [0.15, 0.2) is 18.2 Å². The van der Waals surface area contributed by atoms with Crippen LogP contribution in [-0.2, 0) is 15.0 Å². The number of anilines is 1. The Bertz CT molecular complexity index is 599. The van der Waals surface area contributed by atoms with Crippen LogP contribution in [0.4, 0.5) is 5.69 Å². The van der Waals surface area contributed by atoms with Crippen molar-refractivity contribution < 1.29 is 19.4 Å². The van der Waals surface area contributed by atoms with Gasteiger partial charge in [0.25, 0.3) is 5.91 Å². The summed E-state index contributed by atoms with van der Waals surface area (Å²) in [5.74, 6) is -0.859. The van der Waals surface area contributed by atoms with Crippen molar-refractivity contribution in [2.24, 2.45) is 0 Å². The summed E-state index contributed by atoms with van der Waals surface area (Å²) in [7, 11) is 0. The first-order chi connectivity index (χ1) is 9.55. The minimum Gasteiger partial charge on any atom is -0.482 e. The monoisotopic (exact) mass is 291 g/mol. The summed E-state index contributed by atoms with van der Waals surface area (Å²) >= 11 is 0. The third-order valence-corrected chi connectivity index (χ3v) is 3.75. The minimum absolute atomic E-state index is 0.103. The number of ether oxygens (including phenoxy) is 1. The molecule has 1 aliphatic heterocycles. The summed E-state index contributed by atoms with van der Waals surface area (Å²) in [6.07, 6.45) is 0. The van der Waals surface area contributed by atoms with E-state index in [-0.39, 0.29) is 17.9 Å². The predicted molar refractivity (Wildman–Crippen MR) is 79.8 cm³/mol. The Kier molecular flexibility index (Phi) is 3.48. The van der Waals surface area contributed by atoms with E-state index in [1.54, 1.807) is 6.07 Å². The standard InChI is InChI=1S/C16H21NO4/c1-15(2,3)10-6-7-12-11(8-10)17(13(18)9-21-12)16(4,5)14(19)20/h6-8H,9H2,1-5H3,(H,19,20). The number of fused-ring (bicyclic) bond motifs is 1. The van der Waals surface area contributed by atoms with Crippen LogP contribution in [0, 0.1) is 0 Å². The molecule has 0 atom stereocenters. The molecule has 1 heterocycles. The molecule has 5 heteroatoms. The molecule has 2 rings (SSSR count). The molecule has 0 spiro atoms. The number of amides is 1. The van der Waals surface area contributed by atoms with Crippen LogP contribution in [-0.4, -0.2) is 29.1 Å². The number of aliphatic carboxylic acids is 1. The molecule has 0 radical (unpaired) electrons. The zero-order chi connectivity index (χ0) is 16.0. The highest BCUT2D eigenvalue weighted by atomic mass is 16.5. The fourth-order valence-electron chi connectivity index (χ4n) is 2.33. The average molecular weight is 291 g/mol. The number of hydrogen-bond donors (Lipinski definition) is 1. The lowest BCUT2D eigenvalue weighted by Gasteiger charge is -2.39. The average Bonchev–Trinajstić information content (AvgIpc) is 2.36. The van der Waals surface area contributed by atoms with Crippen LogP contribution in [0.3, 0.4) is 0 Å². The van der Waals surface area contributed by atoms with E-state index >= 15 is 0 Å². The summed E-state index contributed by atoms with van der Waals surface area (Å²) < 4.78 is 5.42. The molecule has 0 fully saturated rings. The maximum Gasteiger partial charge on any atom is 0.329 e. The number of rotatable bonds is 2. The number of carbonyl (C=O) groups is 2. The molecule has 1 aromatic rings. The molecule has 5 nitrogen and oxygen atoms in total. The van der Waals surface area contributed by atoms with Gasteiger partial charge >= 0.3 is 5.97 Å². The van der Waals surface area contributed by atoms with Gasteiger partial charge in [0.05, 0.1) is 5.69 Å². The summed E-state index contributed by atoms with van der Waals surface area (Å²) in [6.45, 7) is 9.09. The van der Waals surface area contributed by atoms with Crippen molar-refractivity contribution in [3.63, 3.8) is 0 Å². The van der Waals surface area contributed by atoms with Gasteiger partial charge < -0.3 is 9.84 Å². The Hall–Kier alpha value is -2.04. The van der Waals surface area contributed by atoms with Crippen LogP contribution in [0.25, 0.3) is 0 Å². The second kappa shape index (κ2) is 4.76. The number of carboxylic acids is 1. The van der Waals surface area contributed by atoms with E-state index in [4.69, 9.17) is 4.74 Å². The van der Waals surface area contributed by atoms with Gasteiger partial charge in [0.2, 0.25) is 0 Å². The number of carboxylic acid groups (broad SMARTS) is 1. The first-order valence-corrected chi connectivity index (χ1v) is 6.89. The summed E-state index contributed by atoms with van der Waals surface area (Å²) in [5, 5.41) is 9.43. The van der Waals surface area contributed by atoms with Crippen LogP contribution in [0.5, 0.6) is 5.75 Å². The zero-order valence-corrected chi connectivity index (χ0v) is 13.1. The molecular weight excluding hydrogens is 270 g/mol. The molecule has 1 amide bonds. The molecule has 0 saturated heterocycles. The molecule has 1 aromatic carbocycles. The molecule has 1 N–H and O–H groups in total. The van der Waals surface area contributed by atoms with Crippen LogP contribution >= 0.6 is 0 Å². The second-order valence-electron chi connectivity index (χ2n) is 6.81. The van der Waals surface area contributed by atoms with Gasteiger partial charge in [-0.25, -0.2) is 4.79 Å². The lowest BCUT2D eigenvalue weighted by molar-refractivity contribution is -0.144. The van der Waals surface area contributed by atoms with Gasteiger partial charge in [0, 0.05) is 0 Å². The van der Waals surface area contributed by atoms with Gasteiger partial charge in [-0.15, -0.1) is 0 Å². The molecule has 21 heavy (non-hydrogen) atoms. The SMILES string of the molecule is CC(C)(C)c1ccc2c(c1)N(C(C)(C)C(=O)O)C(=O)CO2. The maximum atomic E-state index is 12.2. The van der Waals surface area contributed by atoms with Crippen LogP contribution < -0.4 is 9.64 Å². The van der Waals surface area contributed by atoms with Gasteiger partial charge in [0.15, 0.2) is 6.61 Å². The summed E-state index contributed by atoms with van der Waals surface area (Å²) in [5.41, 5.74) is 0.109. The third kappa shape index (κ3) is 2.60. The van der Waals surface area contributed by atoms with Crippen molar-refractivity contribution in [2.75, 3.05) is 11.5 Å². The number of benzene rings is 1. The van der Waals surface area contributed by atoms with E-state index in [2.05, 4.69) is 20.8 Å². The molecular formula is C16H21NO4. The summed E-state index contributed by atoms with van der Waals surface area (Å²) in [4.78, 5) is 25.1. The van der Waals surface area contributed by atoms with E-state index in [1.807, 2.05) is 12.1 Å². The van der Waals surface area contributed by atoms with Crippen molar-refractivity contribution in [1.82, 2.24) is 0 Å². The van der Waals surface area contributed by atoms with Crippen molar-refractivity contribution in [3.05, 3.63) is 23.8 Å². The Morgan fingerprint density at radius 3 is 2.38 bits per heavy atom. The van der Waals surface area contributed by atoms with Gasteiger partial charge in [-0.05, 0) is 37.0 Å². The Labute approximate surface area is 124 Å². The molecule has 0 aromatic heterocycles. The molecule has 0 bridgehead atoms. The van der Waals surface area contributed by atoms with Crippen molar-refractivity contribution >= 4 is 17.6 Å². The smallest absolute Gasteiger partial charge is 0.329 e. The fourth-order valence-corrected chi connectivity index (χ4v) is 2.33. The van der Waals surface area contributed by atoms with Gasteiger partial charge in [-0.1, -0.05) is 26.8 Å². The van der Waals surface area contributed by atoms with Gasteiger partial charge in [0.1, 0.15) is 11.3 Å². The minimum atomic E-state index is -1.33. The van der Waals surface area contributed by atoms with Crippen molar-refractivity contribution in [3.8, 4) is 5.75 Å². The predicted octanol–water partition coefficient (Wildman–Crippen LogP) is 2.57. The second-order valence-corrected chi connectivity index (χ2v) is 6.81. The Morgan fingerprint density at radius 1 is 1.24 bits per heavy atom. The highest BCUT2D eigenvalue weighted by molar-refractivity contribution is 6.04. The Morgan fingerprint density at radius 2 is 1.86 bits per heavy atom. The van der Waals surface area contributed by atoms with E-state index < -0.39 is 11.5 Å². The zero-order valence-electron chi connectivity index (χ0n) is 13.1. The third-order valence-electron chi connectivity index (χ3n) is 3.75. The molecule has 1 aliphatic rings. The largest absolute Gasteiger partial charge is 0.482 e. The molecule has 0 saturated carbocycles. The van der Waals surface area contributed by atoms with E-state index in [9.17, 15) is 14.7 Å². The van der Waals surface area contributed by atoms with E-state index in [1.165, 1.54) is 18.7 Å². The quantitative estimate of drug-likeness (QED) is 0.909. The molecule has 0 unspecified atom stereocenters. The molecule has 114 valence electrons. The van der Waals surface area contributed by atoms with Crippen LogP contribution in [0.1, 0.15) is 40.2 Å². The van der Waals surface area contributed by atoms with E-state index in [0.717, 1.165) is 5.56 Å². The molecule has 0 aliphatic carbocycles. The number of nitrogens with zero attached hydrogens (tertiary/aromatic N) is 1. The van der Waals surface area contributed by atoms with Gasteiger partial charge in [-0.2, -0.15) is 0 Å². The lowest BCUT2D eigenvalue weighted by Crippen LogP contribution is -2.56. The highest BCUT2D eigenvalue weighted by Crippen LogP contribution is 2.39. The lowest BCUT2D eigenvalue weighted by atomic mass is 9.86. The normalized spacial score (nSPS) is 15.5. The Balaban J connectivity index is 2.61. The number of carbonyl (C=O) groups excluding carboxylic acids is 1. The summed E-state index contributed by atoms with van der Waals surface area (Å²) in [6, 6.07) is 5.59. The number of hydrogen-bond acceptors (Lipinski definition) is 3.